The molecule has 0 spiro atoms. The van der Waals surface area contributed by atoms with Gasteiger partial charge < -0.3 is 10.1 Å². The molecule has 0 aromatic rings. The van der Waals surface area contributed by atoms with Gasteiger partial charge in [-0.15, -0.1) is 0 Å². The molecule has 0 rings (SSSR count). The van der Waals surface area contributed by atoms with Crippen molar-refractivity contribution in [2.24, 2.45) is 5.92 Å². The number of ether oxygens (including phenoxy) is 1. The molecule has 0 radical (unpaired) electrons. The van der Waals surface area contributed by atoms with Gasteiger partial charge in [-0.05, 0) is 33.1 Å². The largest absolute Gasteiger partial charge is 0.366 e. The Labute approximate surface area is 106 Å². The minimum absolute atomic E-state index is 0.00475. The molecule has 1 unspecified atom stereocenters. The zero-order valence-electron chi connectivity index (χ0n) is 12.1. The summed E-state index contributed by atoms with van der Waals surface area (Å²) in [5.41, 5.74) is -0.246. The number of hydrogen-bond donors (Lipinski definition) is 1. The standard InChI is InChI=1S/C14H29NO2/c1-6-8-9-12(7-2)10-15-13(16)11-17-14(3,4)5/h12H,6-11H2,1-5H3,(H,15,16). The maximum Gasteiger partial charge on any atom is 0.246 e. The fourth-order valence-electron chi connectivity index (χ4n) is 1.53. The lowest BCUT2D eigenvalue weighted by molar-refractivity contribution is -0.130. The highest BCUT2D eigenvalue weighted by atomic mass is 16.5. The second-order valence-electron chi connectivity index (χ2n) is 5.62. The molecule has 1 amide bonds. The fourth-order valence-corrected chi connectivity index (χ4v) is 1.53. The summed E-state index contributed by atoms with van der Waals surface area (Å²) in [6.07, 6.45) is 4.79. The molecule has 0 bridgehead atoms. The van der Waals surface area contributed by atoms with Gasteiger partial charge in [0.05, 0.1) is 5.60 Å². The molecule has 0 aliphatic heterocycles. The first kappa shape index (κ1) is 16.4. The zero-order chi connectivity index (χ0) is 13.3. The molecule has 0 aromatic carbocycles. The minimum atomic E-state index is -0.246. The van der Waals surface area contributed by atoms with E-state index in [4.69, 9.17) is 4.74 Å². The molecule has 1 N–H and O–H groups in total. The summed E-state index contributed by atoms with van der Waals surface area (Å²) in [6.45, 7) is 11.2. The van der Waals surface area contributed by atoms with E-state index in [1.807, 2.05) is 20.8 Å². The Balaban J connectivity index is 3.73. The Morgan fingerprint density at radius 2 is 1.94 bits per heavy atom. The molecule has 3 nitrogen and oxygen atoms in total. The molecule has 17 heavy (non-hydrogen) atoms. The molecule has 3 heteroatoms. The van der Waals surface area contributed by atoms with Crippen LogP contribution >= 0.6 is 0 Å². The van der Waals surface area contributed by atoms with Crippen LogP contribution < -0.4 is 5.32 Å². The van der Waals surface area contributed by atoms with Crippen molar-refractivity contribution >= 4 is 5.91 Å². The second-order valence-corrected chi connectivity index (χ2v) is 5.62. The van der Waals surface area contributed by atoms with Gasteiger partial charge in [0.1, 0.15) is 6.61 Å². The van der Waals surface area contributed by atoms with Crippen LogP contribution in [0.3, 0.4) is 0 Å². The Kier molecular flexibility index (Phi) is 8.23. The van der Waals surface area contributed by atoms with Crippen molar-refractivity contribution in [3.8, 4) is 0 Å². The van der Waals surface area contributed by atoms with Crippen LogP contribution in [0.25, 0.3) is 0 Å². The maximum atomic E-state index is 11.5. The lowest BCUT2D eigenvalue weighted by atomic mass is 9.99. The average Bonchev–Trinajstić information content (AvgIpc) is 2.25. The van der Waals surface area contributed by atoms with E-state index in [0.717, 1.165) is 13.0 Å². The molecule has 0 saturated carbocycles. The van der Waals surface area contributed by atoms with Gasteiger partial charge >= 0.3 is 0 Å². The first-order valence-corrected chi connectivity index (χ1v) is 6.79. The molecule has 0 fully saturated rings. The van der Waals surface area contributed by atoms with Crippen LogP contribution in [-0.2, 0) is 9.53 Å². The van der Waals surface area contributed by atoms with Gasteiger partial charge in [0.25, 0.3) is 0 Å². The van der Waals surface area contributed by atoms with Crippen molar-refractivity contribution in [1.29, 1.82) is 0 Å². The minimum Gasteiger partial charge on any atom is -0.366 e. The highest BCUT2D eigenvalue weighted by molar-refractivity contribution is 5.77. The van der Waals surface area contributed by atoms with E-state index in [2.05, 4.69) is 19.2 Å². The number of amides is 1. The number of unbranched alkanes of at least 4 members (excludes halogenated alkanes) is 1. The SMILES string of the molecule is CCCCC(CC)CNC(=O)COC(C)(C)C. The third-order valence-corrected chi connectivity index (χ3v) is 2.77. The maximum absolute atomic E-state index is 11.5. The van der Waals surface area contributed by atoms with E-state index < -0.39 is 0 Å². The smallest absolute Gasteiger partial charge is 0.246 e. The van der Waals surface area contributed by atoms with E-state index in [0.29, 0.717) is 5.92 Å². The number of hydrogen-bond acceptors (Lipinski definition) is 2. The Bertz CT molecular complexity index is 209. The van der Waals surface area contributed by atoms with Crippen molar-refractivity contribution in [1.82, 2.24) is 5.32 Å². The van der Waals surface area contributed by atoms with Crippen molar-refractivity contribution in [3.63, 3.8) is 0 Å². The van der Waals surface area contributed by atoms with Crippen LogP contribution in [0.15, 0.2) is 0 Å². The van der Waals surface area contributed by atoms with Crippen molar-refractivity contribution in [2.75, 3.05) is 13.2 Å². The number of rotatable bonds is 8. The normalized spacial score (nSPS) is 13.5. The molecular formula is C14H29NO2. The van der Waals surface area contributed by atoms with Crippen molar-refractivity contribution < 1.29 is 9.53 Å². The lowest BCUT2D eigenvalue weighted by Gasteiger charge is -2.20. The summed E-state index contributed by atoms with van der Waals surface area (Å²) in [5.74, 6) is 0.600. The molecular weight excluding hydrogens is 214 g/mol. The van der Waals surface area contributed by atoms with Gasteiger partial charge in [-0.3, -0.25) is 4.79 Å². The van der Waals surface area contributed by atoms with Gasteiger partial charge in [-0.2, -0.15) is 0 Å². The molecule has 0 aliphatic rings. The molecule has 0 saturated heterocycles. The summed E-state index contributed by atoms with van der Waals surface area (Å²) in [4.78, 5) is 11.5. The predicted octanol–water partition coefficient (Wildman–Crippen LogP) is 3.13. The van der Waals surface area contributed by atoms with E-state index >= 15 is 0 Å². The Morgan fingerprint density at radius 1 is 1.29 bits per heavy atom. The quantitative estimate of drug-likeness (QED) is 0.711. The summed E-state index contributed by atoms with van der Waals surface area (Å²) in [6, 6.07) is 0. The van der Waals surface area contributed by atoms with Crippen LogP contribution in [0.2, 0.25) is 0 Å². The average molecular weight is 243 g/mol. The van der Waals surface area contributed by atoms with Gasteiger partial charge in [0.15, 0.2) is 0 Å². The third kappa shape index (κ3) is 10.3. The lowest BCUT2D eigenvalue weighted by Crippen LogP contribution is -2.34. The van der Waals surface area contributed by atoms with E-state index in [1.54, 1.807) is 0 Å². The molecule has 0 heterocycles. The fraction of sp³-hybridized carbons (Fsp3) is 0.929. The molecule has 102 valence electrons. The van der Waals surface area contributed by atoms with E-state index in [-0.39, 0.29) is 18.1 Å². The highest BCUT2D eigenvalue weighted by Crippen LogP contribution is 2.11. The topological polar surface area (TPSA) is 38.3 Å². The van der Waals surface area contributed by atoms with Gasteiger partial charge in [0.2, 0.25) is 5.91 Å². The van der Waals surface area contributed by atoms with E-state index in [1.165, 1.54) is 19.3 Å². The van der Waals surface area contributed by atoms with Crippen molar-refractivity contribution in [2.45, 2.75) is 65.9 Å². The summed E-state index contributed by atoms with van der Waals surface area (Å²) >= 11 is 0. The van der Waals surface area contributed by atoms with Gasteiger partial charge in [-0.25, -0.2) is 0 Å². The summed E-state index contributed by atoms with van der Waals surface area (Å²) < 4.78 is 5.43. The van der Waals surface area contributed by atoms with Crippen LogP contribution in [0.5, 0.6) is 0 Å². The monoisotopic (exact) mass is 243 g/mol. The molecule has 0 aromatic heterocycles. The summed E-state index contributed by atoms with van der Waals surface area (Å²) in [7, 11) is 0. The Hall–Kier alpha value is -0.570. The van der Waals surface area contributed by atoms with Crippen LogP contribution in [0.1, 0.15) is 60.3 Å². The zero-order valence-corrected chi connectivity index (χ0v) is 12.1. The third-order valence-electron chi connectivity index (χ3n) is 2.77. The number of nitrogens with one attached hydrogen (secondary N) is 1. The van der Waals surface area contributed by atoms with Gasteiger partial charge in [-0.1, -0.05) is 33.1 Å². The first-order chi connectivity index (χ1) is 7.89. The summed E-state index contributed by atoms with van der Waals surface area (Å²) in [5, 5.41) is 2.95. The van der Waals surface area contributed by atoms with E-state index in [9.17, 15) is 4.79 Å². The van der Waals surface area contributed by atoms with Crippen molar-refractivity contribution in [3.05, 3.63) is 0 Å². The van der Waals surface area contributed by atoms with Crippen LogP contribution in [0.4, 0.5) is 0 Å². The van der Waals surface area contributed by atoms with Gasteiger partial charge in [0, 0.05) is 6.54 Å². The number of carbonyl (C=O) groups is 1. The van der Waals surface area contributed by atoms with Crippen LogP contribution in [-0.4, -0.2) is 24.7 Å². The second kappa shape index (κ2) is 8.51. The molecule has 1 atom stereocenters. The Morgan fingerprint density at radius 3 is 2.41 bits per heavy atom. The first-order valence-electron chi connectivity index (χ1n) is 6.79. The molecule has 0 aliphatic carbocycles. The predicted molar refractivity (Wildman–Crippen MR) is 72.0 cm³/mol. The number of carbonyl (C=O) groups excluding carboxylic acids is 1. The highest BCUT2D eigenvalue weighted by Gasteiger charge is 2.13. The van der Waals surface area contributed by atoms with Crippen LogP contribution in [0, 0.1) is 5.92 Å².